The lowest BCUT2D eigenvalue weighted by atomic mass is 10.1. The van der Waals surface area contributed by atoms with Crippen molar-refractivity contribution in [3.8, 4) is 11.3 Å². The lowest BCUT2D eigenvalue weighted by Crippen LogP contribution is -2.42. The molecule has 0 saturated carbocycles. The van der Waals surface area contributed by atoms with Gasteiger partial charge in [0.2, 0.25) is 5.95 Å². The molecule has 41 heavy (non-hydrogen) atoms. The van der Waals surface area contributed by atoms with Gasteiger partial charge in [-0.3, -0.25) is 15.0 Å². The fourth-order valence-electron chi connectivity index (χ4n) is 4.94. The largest absolute Gasteiger partial charge is 0.477 e. The van der Waals surface area contributed by atoms with Crippen molar-refractivity contribution >= 4 is 40.1 Å². The minimum Gasteiger partial charge on any atom is -0.477 e. The Kier molecular flexibility index (Phi) is 9.90. The van der Waals surface area contributed by atoms with Gasteiger partial charge in [0.1, 0.15) is 10.7 Å². The van der Waals surface area contributed by atoms with Gasteiger partial charge in [-0.05, 0) is 59.6 Å². The van der Waals surface area contributed by atoms with E-state index in [1.807, 2.05) is 18.2 Å². The van der Waals surface area contributed by atoms with Gasteiger partial charge >= 0.3 is 5.97 Å². The summed E-state index contributed by atoms with van der Waals surface area (Å²) in [6, 6.07) is 9.96. The summed E-state index contributed by atoms with van der Waals surface area (Å²) < 4.78 is 0. The molecule has 0 aliphatic carbocycles. The number of anilines is 3. The van der Waals surface area contributed by atoms with E-state index >= 15 is 0 Å². The van der Waals surface area contributed by atoms with Crippen LogP contribution in [-0.4, -0.2) is 86.3 Å². The number of aromatic nitrogens is 3. The van der Waals surface area contributed by atoms with Crippen molar-refractivity contribution in [3.05, 3.63) is 46.5 Å². The van der Waals surface area contributed by atoms with E-state index in [0.29, 0.717) is 72.5 Å². The first-order valence-corrected chi connectivity index (χ1v) is 14.8. The SMILES string of the molecule is Cc1nc(Nc2nc(-c3ccc(C(=O)NCCN(C(C)C)C(C)C)cc3)cc(N3CCC(O)CC3)n2)sc1C(=O)O. The van der Waals surface area contributed by atoms with Crippen molar-refractivity contribution in [3.63, 3.8) is 0 Å². The maximum Gasteiger partial charge on any atom is 0.347 e. The molecule has 12 heteroatoms. The normalized spacial score (nSPS) is 14.2. The predicted octanol–water partition coefficient (Wildman–Crippen LogP) is 4.16. The number of carboxylic acids is 1. The molecule has 220 valence electrons. The van der Waals surface area contributed by atoms with Crippen LogP contribution >= 0.6 is 11.3 Å². The number of rotatable bonds is 11. The van der Waals surface area contributed by atoms with Crippen LogP contribution < -0.4 is 15.5 Å². The molecule has 2 aromatic heterocycles. The second kappa shape index (κ2) is 13.4. The summed E-state index contributed by atoms with van der Waals surface area (Å²) in [6.07, 6.45) is 0.965. The number of aryl methyl sites for hydroxylation is 1. The number of hydrogen-bond donors (Lipinski definition) is 4. The van der Waals surface area contributed by atoms with E-state index in [0.717, 1.165) is 23.4 Å². The molecule has 1 aliphatic rings. The highest BCUT2D eigenvalue weighted by atomic mass is 32.1. The van der Waals surface area contributed by atoms with E-state index < -0.39 is 5.97 Å². The standard InChI is InChI=1S/C29H39N7O4S/c1-17(2)36(18(3)4)15-12-30-26(38)21-8-6-20(7-9-21)23-16-24(35-13-10-22(37)11-14-35)33-28(32-23)34-29-31-19(5)25(41-29)27(39)40/h6-9,16-18,22,37H,10-15H2,1-5H3,(H,30,38)(H,39,40)(H,31,32,33,34). The molecular formula is C29H39N7O4S. The number of benzene rings is 1. The summed E-state index contributed by atoms with van der Waals surface area (Å²) in [5.74, 6) is -0.180. The van der Waals surface area contributed by atoms with Crippen LogP contribution in [0.4, 0.5) is 16.9 Å². The molecule has 0 unspecified atom stereocenters. The Morgan fingerprint density at radius 2 is 1.73 bits per heavy atom. The van der Waals surface area contributed by atoms with Gasteiger partial charge in [-0.2, -0.15) is 4.98 Å². The Bertz CT molecular complexity index is 1340. The maximum atomic E-state index is 12.8. The van der Waals surface area contributed by atoms with E-state index in [1.165, 1.54) is 0 Å². The summed E-state index contributed by atoms with van der Waals surface area (Å²) in [6.45, 7) is 12.9. The number of thiazole rings is 1. The highest BCUT2D eigenvalue weighted by molar-refractivity contribution is 7.17. The zero-order chi connectivity index (χ0) is 29.7. The third-order valence-electron chi connectivity index (χ3n) is 7.14. The first kappa shape index (κ1) is 30.4. The second-order valence-electron chi connectivity index (χ2n) is 10.8. The Labute approximate surface area is 244 Å². The number of aliphatic hydroxyl groups excluding tert-OH is 1. The Morgan fingerprint density at radius 1 is 1.07 bits per heavy atom. The van der Waals surface area contributed by atoms with E-state index in [-0.39, 0.29) is 22.8 Å². The van der Waals surface area contributed by atoms with E-state index in [1.54, 1.807) is 19.1 Å². The smallest absolute Gasteiger partial charge is 0.347 e. The zero-order valence-electron chi connectivity index (χ0n) is 24.2. The van der Waals surface area contributed by atoms with Gasteiger partial charge in [-0.15, -0.1) is 0 Å². The molecule has 4 N–H and O–H groups in total. The number of aliphatic hydroxyl groups is 1. The van der Waals surface area contributed by atoms with Crippen LogP contribution in [0.1, 0.15) is 66.3 Å². The highest BCUT2D eigenvalue weighted by Crippen LogP contribution is 2.29. The van der Waals surface area contributed by atoms with Crippen molar-refractivity contribution < 1.29 is 19.8 Å². The average molecular weight is 582 g/mol. The summed E-state index contributed by atoms with van der Waals surface area (Å²) in [5.41, 5.74) is 2.43. The van der Waals surface area contributed by atoms with Crippen LogP contribution in [0.15, 0.2) is 30.3 Å². The molecule has 11 nitrogen and oxygen atoms in total. The molecule has 1 amide bonds. The lowest BCUT2D eigenvalue weighted by molar-refractivity contribution is 0.0700. The summed E-state index contributed by atoms with van der Waals surface area (Å²) in [4.78, 5) is 42.5. The van der Waals surface area contributed by atoms with Crippen molar-refractivity contribution in [1.82, 2.24) is 25.2 Å². The van der Waals surface area contributed by atoms with Gasteiger partial charge in [0.25, 0.3) is 5.91 Å². The van der Waals surface area contributed by atoms with Crippen LogP contribution in [0.3, 0.4) is 0 Å². The van der Waals surface area contributed by atoms with Gasteiger partial charge in [0, 0.05) is 55.5 Å². The Hall–Kier alpha value is -3.61. The molecule has 3 aromatic rings. The fraction of sp³-hybridized carbons (Fsp3) is 0.483. The maximum absolute atomic E-state index is 12.8. The molecule has 4 rings (SSSR count). The topological polar surface area (TPSA) is 144 Å². The van der Waals surface area contributed by atoms with Gasteiger partial charge in [-0.1, -0.05) is 23.5 Å². The molecule has 1 saturated heterocycles. The summed E-state index contributed by atoms with van der Waals surface area (Å²) in [7, 11) is 0. The molecule has 1 aromatic carbocycles. The summed E-state index contributed by atoms with van der Waals surface area (Å²) in [5, 5.41) is 25.8. The first-order chi connectivity index (χ1) is 19.5. The van der Waals surface area contributed by atoms with Gasteiger partial charge in [-0.25, -0.2) is 14.8 Å². The minimum atomic E-state index is -1.03. The fourth-order valence-corrected chi connectivity index (χ4v) is 5.74. The first-order valence-electron chi connectivity index (χ1n) is 14.0. The molecule has 0 atom stereocenters. The third-order valence-corrected chi connectivity index (χ3v) is 8.20. The van der Waals surface area contributed by atoms with Crippen molar-refractivity contribution in [2.24, 2.45) is 0 Å². The van der Waals surface area contributed by atoms with Crippen LogP contribution in [-0.2, 0) is 0 Å². The average Bonchev–Trinajstić information content (AvgIpc) is 3.30. The predicted molar refractivity (Wildman–Crippen MR) is 161 cm³/mol. The number of carbonyl (C=O) groups excluding carboxylic acids is 1. The van der Waals surface area contributed by atoms with E-state index in [9.17, 15) is 19.8 Å². The monoisotopic (exact) mass is 581 g/mol. The third kappa shape index (κ3) is 7.78. The van der Waals surface area contributed by atoms with Crippen molar-refractivity contribution in [1.29, 1.82) is 0 Å². The molecule has 3 heterocycles. The Morgan fingerprint density at radius 3 is 2.32 bits per heavy atom. The number of hydrogen-bond acceptors (Lipinski definition) is 10. The minimum absolute atomic E-state index is 0.130. The van der Waals surface area contributed by atoms with Gasteiger partial charge in [0.15, 0.2) is 5.13 Å². The van der Waals surface area contributed by atoms with Crippen molar-refractivity contribution in [2.75, 3.05) is 36.4 Å². The summed E-state index contributed by atoms with van der Waals surface area (Å²) >= 11 is 1.03. The molecule has 0 radical (unpaired) electrons. The molecule has 1 fully saturated rings. The van der Waals surface area contributed by atoms with E-state index in [4.69, 9.17) is 0 Å². The van der Waals surface area contributed by atoms with Crippen LogP contribution in [0.25, 0.3) is 11.3 Å². The number of carbonyl (C=O) groups is 2. The van der Waals surface area contributed by atoms with Gasteiger partial charge in [0.05, 0.1) is 17.5 Å². The number of amides is 1. The number of aromatic carboxylic acids is 1. The molecule has 0 bridgehead atoms. The van der Waals surface area contributed by atoms with Crippen LogP contribution in [0, 0.1) is 6.92 Å². The van der Waals surface area contributed by atoms with Crippen molar-refractivity contribution in [2.45, 2.75) is 65.6 Å². The number of nitrogens with zero attached hydrogens (tertiary/aromatic N) is 5. The molecular weight excluding hydrogens is 542 g/mol. The number of piperidine rings is 1. The van der Waals surface area contributed by atoms with Crippen LogP contribution in [0.5, 0.6) is 0 Å². The van der Waals surface area contributed by atoms with Crippen LogP contribution in [0.2, 0.25) is 0 Å². The lowest BCUT2D eigenvalue weighted by Gasteiger charge is -2.30. The number of nitrogens with one attached hydrogen (secondary N) is 2. The van der Waals surface area contributed by atoms with E-state index in [2.05, 4.69) is 63.1 Å². The second-order valence-corrected chi connectivity index (χ2v) is 11.8. The Balaban J connectivity index is 1.54. The quantitative estimate of drug-likeness (QED) is 0.261. The molecule has 0 spiro atoms. The molecule has 1 aliphatic heterocycles. The van der Waals surface area contributed by atoms with Gasteiger partial charge < -0.3 is 20.4 Å². The number of carboxylic acid groups (broad SMARTS) is 1. The highest BCUT2D eigenvalue weighted by Gasteiger charge is 2.21. The zero-order valence-corrected chi connectivity index (χ0v) is 25.0.